The molecule has 1 saturated heterocycles. The predicted octanol–water partition coefficient (Wildman–Crippen LogP) is 2.77. The zero-order valence-corrected chi connectivity index (χ0v) is 18.6. The number of sulfonamides is 1. The molecule has 9 heteroatoms. The molecule has 154 valence electrons. The first-order chi connectivity index (χ1) is 13.0. The number of hydrogen-bond donors (Lipinski definition) is 0. The van der Waals surface area contributed by atoms with E-state index in [4.69, 9.17) is 0 Å². The number of nitrogens with zero attached hydrogens (tertiary/aromatic N) is 3. The maximum atomic E-state index is 13.2. The van der Waals surface area contributed by atoms with Crippen molar-refractivity contribution in [3.05, 3.63) is 40.7 Å². The minimum atomic E-state index is -3.99. The van der Waals surface area contributed by atoms with Crippen LogP contribution in [0.3, 0.4) is 0 Å². The Balaban J connectivity index is 2.10. The molecule has 1 aromatic carbocycles. The fourth-order valence-corrected chi connectivity index (χ4v) is 7.14. The molecule has 0 saturated carbocycles. The Morgan fingerprint density at radius 2 is 1.68 bits per heavy atom. The van der Waals surface area contributed by atoms with E-state index >= 15 is 0 Å². The van der Waals surface area contributed by atoms with Crippen LogP contribution in [0.5, 0.6) is 0 Å². The summed E-state index contributed by atoms with van der Waals surface area (Å²) in [5.74, 6) is 0.276. The van der Waals surface area contributed by atoms with Gasteiger partial charge in [0, 0.05) is 13.1 Å². The van der Waals surface area contributed by atoms with Crippen molar-refractivity contribution in [2.75, 3.05) is 13.1 Å². The first-order valence-electron chi connectivity index (χ1n) is 9.35. The molecule has 2 heterocycles. The SMILES string of the molecule is Cc1ccc(S(=O)(=O)n2nc(C)c(S(=O)(=O)N3CCC[C@@H](C)C3)c2C)cc1C. The van der Waals surface area contributed by atoms with E-state index in [-0.39, 0.29) is 27.1 Å². The van der Waals surface area contributed by atoms with Crippen LogP contribution < -0.4 is 0 Å². The molecule has 3 rings (SSSR count). The van der Waals surface area contributed by atoms with Crippen LogP contribution in [0.25, 0.3) is 0 Å². The van der Waals surface area contributed by atoms with Gasteiger partial charge in [-0.25, -0.2) is 8.42 Å². The van der Waals surface area contributed by atoms with Gasteiger partial charge in [0.1, 0.15) is 4.90 Å². The molecule has 7 nitrogen and oxygen atoms in total. The second-order valence-electron chi connectivity index (χ2n) is 7.70. The lowest BCUT2D eigenvalue weighted by molar-refractivity contribution is 0.281. The van der Waals surface area contributed by atoms with Crippen molar-refractivity contribution in [2.24, 2.45) is 5.92 Å². The number of piperidine rings is 1. The van der Waals surface area contributed by atoms with Crippen LogP contribution >= 0.6 is 0 Å². The largest absolute Gasteiger partial charge is 0.283 e. The zero-order chi connectivity index (χ0) is 20.9. The van der Waals surface area contributed by atoms with Crippen molar-refractivity contribution in [2.45, 2.75) is 57.3 Å². The van der Waals surface area contributed by atoms with E-state index in [1.165, 1.54) is 17.3 Å². The zero-order valence-electron chi connectivity index (χ0n) is 16.9. The van der Waals surface area contributed by atoms with E-state index in [1.54, 1.807) is 19.1 Å². The molecule has 0 radical (unpaired) electrons. The maximum Gasteiger partial charge on any atom is 0.283 e. The highest BCUT2D eigenvalue weighted by molar-refractivity contribution is 7.90. The summed E-state index contributed by atoms with van der Waals surface area (Å²) in [6, 6.07) is 4.84. The molecule has 0 spiro atoms. The minimum absolute atomic E-state index is 0.00555. The number of aromatic nitrogens is 2. The highest BCUT2D eigenvalue weighted by Gasteiger charge is 2.35. The summed E-state index contributed by atoms with van der Waals surface area (Å²) < 4.78 is 55.0. The average Bonchev–Trinajstić information content (AvgIpc) is 2.93. The molecule has 1 atom stereocenters. The average molecular weight is 426 g/mol. The van der Waals surface area contributed by atoms with E-state index in [1.807, 2.05) is 20.8 Å². The van der Waals surface area contributed by atoms with Crippen molar-refractivity contribution in [1.29, 1.82) is 0 Å². The number of aryl methyl sites for hydroxylation is 3. The van der Waals surface area contributed by atoms with Gasteiger partial charge in [-0.05, 0) is 69.7 Å². The Morgan fingerprint density at radius 1 is 1.00 bits per heavy atom. The van der Waals surface area contributed by atoms with Gasteiger partial charge in [-0.3, -0.25) is 0 Å². The smallest absolute Gasteiger partial charge is 0.207 e. The molecule has 0 aliphatic carbocycles. The van der Waals surface area contributed by atoms with Crippen LogP contribution in [-0.4, -0.2) is 43.4 Å². The highest BCUT2D eigenvalue weighted by atomic mass is 32.2. The quantitative estimate of drug-likeness (QED) is 0.751. The third-order valence-electron chi connectivity index (χ3n) is 5.41. The van der Waals surface area contributed by atoms with E-state index in [2.05, 4.69) is 5.10 Å². The Morgan fingerprint density at radius 3 is 2.29 bits per heavy atom. The summed E-state index contributed by atoms with van der Waals surface area (Å²) in [5, 5.41) is 4.11. The maximum absolute atomic E-state index is 13.2. The summed E-state index contributed by atoms with van der Waals surface area (Å²) >= 11 is 0. The molecule has 2 aromatic rings. The van der Waals surface area contributed by atoms with Crippen molar-refractivity contribution >= 4 is 20.0 Å². The molecule has 0 N–H and O–H groups in total. The molecule has 0 bridgehead atoms. The summed E-state index contributed by atoms with van der Waals surface area (Å²) in [6.45, 7) is 9.69. The second-order valence-corrected chi connectivity index (χ2v) is 11.3. The molecule has 1 aliphatic rings. The van der Waals surface area contributed by atoms with Gasteiger partial charge < -0.3 is 0 Å². The fourth-order valence-electron chi connectivity index (χ4n) is 3.68. The monoisotopic (exact) mass is 425 g/mol. The Labute approximate surface area is 167 Å². The van der Waals surface area contributed by atoms with Crippen LogP contribution in [0, 0.1) is 33.6 Å². The molecular formula is C19H27N3O4S2. The first-order valence-corrected chi connectivity index (χ1v) is 12.2. The first kappa shape index (κ1) is 21.0. The van der Waals surface area contributed by atoms with Crippen LogP contribution in [0.15, 0.2) is 28.0 Å². The van der Waals surface area contributed by atoms with Gasteiger partial charge >= 0.3 is 0 Å². The molecular weight excluding hydrogens is 398 g/mol. The molecule has 1 aliphatic heterocycles. The van der Waals surface area contributed by atoms with Crippen molar-refractivity contribution in [3.8, 4) is 0 Å². The number of hydrogen-bond acceptors (Lipinski definition) is 5. The van der Waals surface area contributed by atoms with Gasteiger partial charge in [-0.1, -0.05) is 13.0 Å². The molecule has 0 unspecified atom stereocenters. The number of rotatable bonds is 4. The van der Waals surface area contributed by atoms with Gasteiger partial charge in [0.2, 0.25) is 10.0 Å². The topological polar surface area (TPSA) is 89.3 Å². The summed E-state index contributed by atoms with van der Waals surface area (Å²) in [5.41, 5.74) is 2.14. The van der Waals surface area contributed by atoms with Gasteiger partial charge in [0.15, 0.2) is 0 Å². The summed E-state index contributed by atoms with van der Waals surface area (Å²) in [6.07, 6.45) is 1.79. The lowest BCUT2D eigenvalue weighted by Crippen LogP contribution is -2.39. The second kappa shape index (κ2) is 7.27. The number of benzene rings is 1. The van der Waals surface area contributed by atoms with Gasteiger partial charge in [0.25, 0.3) is 10.0 Å². The van der Waals surface area contributed by atoms with Crippen LogP contribution in [0.2, 0.25) is 0 Å². The normalized spacial score (nSPS) is 19.1. The molecule has 1 aromatic heterocycles. The molecule has 28 heavy (non-hydrogen) atoms. The van der Waals surface area contributed by atoms with Crippen LogP contribution in [0.4, 0.5) is 0 Å². The van der Waals surface area contributed by atoms with Crippen molar-refractivity contribution in [3.63, 3.8) is 0 Å². The summed E-state index contributed by atoms with van der Waals surface area (Å²) in [7, 11) is -7.80. The van der Waals surface area contributed by atoms with E-state index in [0.717, 1.165) is 28.1 Å². The molecule has 0 amide bonds. The Bertz CT molecular complexity index is 1120. The summed E-state index contributed by atoms with van der Waals surface area (Å²) in [4.78, 5) is 0.0887. The predicted molar refractivity (Wildman–Crippen MR) is 107 cm³/mol. The van der Waals surface area contributed by atoms with Crippen molar-refractivity contribution < 1.29 is 16.8 Å². The molecule has 1 fully saturated rings. The third kappa shape index (κ3) is 3.51. The Kier molecular flexibility index (Phi) is 5.46. The lowest BCUT2D eigenvalue weighted by Gasteiger charge is -2.30. The lowest BCUT2D eigenvalue weighted by atomic mass is 10.0. The standard InChI is InChI=1S/C19H27N3O4S2/c1-13-7-6-10-21(12-13)28(25,26)19-16(4)20-22(17(19)5)27(23,24)18-9-8-14(2)15(3)11-18/h8-9,11,13H,6-7,10,12H2,1-5H3/t13-/m1/s1. The van der Waals surface area contributed by atoms with E-state index in [0.29, 0.717) is 13.1 Å². The fraction of sp³-hybridized carbons (Fsp3) is 0.526. The highest BCUT2D eigenvalue weighted by Crippen LogP contribution is 2.29. The minimum Gasteiger partial charge on any atom is -0.207 e. The van der Waals surface area contributed by atoms with Crippen molar-refractivity contribution in [1.82, 2.24) is 13.5 Å². The Hall–Kier alpha value is -1.71. The van der Waals surface area contributed by atoms with E-state index in [9.17, 15) is 16.8 Å². The van der Waals surface area contributed by atoms with Gasteiger partial charge in [0.05, 0.1) is 16.3 Å². The van der Waals surface area contributed by atoms with Gasteiger partial charge in [-0.2, -0.15) is 21.9 Å². The third-order valence-corrected chi connectivity index (χ3v) is 9.19. The van der Waals surface area contributed by atoms with Gasteiger partial charge in [-0.15, -0.1) is 0 Å². The van der Waals surface area contributed by atoms with Crippen LogP contribution in [-0.2, 0) is 20.0 Å². The van der Waals surface area contributed by atoms with E-state index < -0.39 is 20.0 Å². The van der Waals surface area contributed by atoms with Crippen LogP contribution in [0.1, 0.15) is 42.3 Å².